The summed E-state index contributed by atoms with van der Waals surface area (Å²) in [6.45, 7) is 0. The molecule has 2 aromatic carbocycles. The van der Waals surface area contributed by atoms with Crippen molar-refractivity contribution < 1.29 is 18.8 Å². The van der Waals surface area contributed by atoms with Crippen LogP contribution in [-0.2, 0) is 4.74 Å². The average Bonchev–Trinajstić information content (AvgIpc) is 2.48. The van der Waals surface area contributed by atoms with E-state index in [9.17, 15) is 19.3 Å². The highest BCUT2D eigenvalue weighted by molar-refractivity contribution is 5.92. The first-order valence-corrected chi connectivity index (χ1v) is 5.91. The molecule has 0 aliphatic carbocycles. The number of carbonyl (C=O) groups excluding carboxylic acids is 1. The summed E-state index contributed by atoms with van der Waals surface area (Å²) in [5.74, 6) is -1.91. The Balaban J connectivity index is 2.51. The van der Waals surface area contributed by atoms with Gasteiger partial charge in [-0.1, -0.05) is 18.2 Å². The van der Waals surface area contributed by atoms with Crippen molar-refractivity contribution in [2.24, 2.45) is 0 Å². The maximum absolute atomic E-state index is 13.7. The molecule has 7 heteroatoms. The second kappa shape index (κ2) is 6.00. The zero-order chi connectivity index (χ0) is 15.4. The van der Waals surface area contributed by atoms with E-state index in [1.807, 2.05) is 0 Å². The van der Waals surface area contributed by atoms with Gasteiger partial charge in [-0.05, 0) is 18.2 Å². The van der Waals surface area contributed by atoms with E-state index in [2.05, 4.69) is 10.1 Å². The fraction of sp³-hybridized carbons (Fsp3) is 0.0714. The van der Waals surface area contributed by atoms with Gasteiger partial charge in [0.1, 0.15) is 11.5 Å². The molecule has 0 unspecified atom stereocenters. The standard InChI is InChI=1S/C14H11FN2O4/c1-21-14(18)10-7-12(13(17(19)20)8-11(10)15)16-9-5-3-2-4-6-9/h2-8,16H,1H3. The third-order valence-corrected chi connectivity index (χ3v) is 2.74. The number of hydrogen-bond donors (Lipinski definition) is 1. The Hall–Kier alpha value is -2.96. The van der Waals surface area contributed by atoms with Gasteiger partial charge in [-0.15, -0.1) is 0 Å². The summed E-state index contributed by atoms with van der Waals surface area (Å²) in [5, 5.41) is 13.8. The van der Waals surface area contributed by atoms with Crippen LogP contribution in [0, 0.1) is 15.9 Å². The zero-order valence-corrected chi connectivity index (χ0v) is 11.0. The number of methoxy groups -OCH3 is 1. The van der Waals surface area contributed by atoms with Crippen molar-refractivity contribution in [3.63, 3.8) is 0 Å². The lowest BCUT2D eigenvalue weighted by Gasteiger charge is -2.09. The Morgan fingerprint density at radius 1 is 1.29 bits per heavy atom. The van der Waals surface area contributed by atoms with Gasteiger partial charge in [0.15, 0.2) is 0 Å². The number of esters is 1. The number of nitrogens with one attached hydrogen (secondary N) is 1. The number of ether oxygens (including phenoxy) is 1. The van der Waals surface area contributed by atoms with Crippen LogP contribution >= 0.6 is 0 Å². The number of rotatable bonds is 4. The monoisotopic (exact) mass is 290 g/mol. The maximum atomic E-state index is 13.7. The molecule has 0 saturated heterocycles. The van der Waals surface area contributed by atoms with E-state index in [0.717, 1.165) is 13.2 Å². The van der Waals surface area contributed by atoms with Gasteiger partial charge in [0, 0.05) is 5.69 Å². The Morgan fingerprint density at radius 2 is 1.95 bits per heavy atom. The number of benzene rings is 2. The van der Waals surface area contributed by atoms with Crippen LogP contribution in [0.2, 0.25) is 0 Å². The third-order valence-electron chi connectivity index (χ3n) is 2.74. The van der Waals surface area contributed by atoms with E-state index >= 15 is 0 Å². The molecule has 0 amide bonds. The van der Waals surface area contributed by atoms with Gasteiger partial charge in [0.25, 0.3) is 5.69 Å². The van der Waals surface area contributed by atoms with Gasteiger partial charge < -0.3 is 10.1 Å². The molecule has 0 spiro atoms. The normalized spacial score (nSPS) is 10.0. The number of nitro benzene ring substituents is 1. The molecule has 108 valence electrons. The fourth-order valence-corrected chi connectivity index (χ4v) is 1.76. The molecule has 0 bridgehead atoms. The molecule has 6 nitrogen and oxygen atoms in total. The zero-order valence-electron chi connectivity index (χ0n) is 11.0. The highest BCUT2D eigenvalue weighted by Gasteiger charge is 2.22. The summed E-state index contributed by atoms with van der Waals surface area (Å²) in [5.41, 5.74) is -0.262. The predicted octanol–water partition coefficient (Wildman–Crippen LogP) is 3.26. The Bertz CT molecular complexity index is 689. The molecular formula is C14H11FN2O4. The Morgan fingerprint density at radius 3 is 2.52 bits per heavy atom. The molecule has 0 aliphatic rings. The summed E-state index contributed by atoms with van der Waals surface area (Å²) < 4.78 is 18.2. The van der Waals surface area contributed by atoms with E-state index in [1.165, 1.54) is 0 Å². The molecule has 0 fully saturated rings. The van der Waals surface area contributed by atoms with E-state index in [1.54, 1.807) is 30.3 Å². The number of para-hydroxylation sites is 1. The van der Waals surface area contributed by atoms with E-state index in [-0.39, 0.29) is 11.3 Å². The Labute approximate surface area is 119 Å². The molecule has 2 rings (SSSR count). The second-order valence-corrected chi connectivity index (χ2v) is 4.09. The summed E-state index contributed by atoms with van der Waals surface area (Å²) in [6.07, 6.45) is 0. The fourth-order valence-electron chi connectivity index (χ4n) is 1.76. The van der Waals surface area contributed by atoms with Crippen molar-refractivity contribution in [2.45, 2.75) is 0 Å². The van der Waals surface area contributed by atoms with Crippen molar-refractivity contribution in [3.8, 4) is 0 Å². The summed E-state index contributed by atoms with van der Waals surface area (Å²) in [4.78, 5) is 21.7. The number of carbonyl (C=O) groups is 1. The third kappa shape index (κ3) is 3.14. The largest absolute Gasteiger partial charge is 0.465 e. The van der Waals surface area contributed by atoms with Crippen molar-refractivity contribution in [3.05, 3.63) is 64.0 Å². The summed E-state index contributed by atoms with van der Waals surface area (Å²) in [6, 6.07) is 10.4. The van der Waals surface area contributed by atoms with Crippen LogP contribution < -0.4 is 5.32 Å². The maximum Gasteiger partial charge on any atom is 0.340 e. The highest BCUT2D eigenvalue weighted by Crippen LogP contribution is 2.30. The van der Waals surface area contributed by atoms with Gasteiger partial charge in [-0.3, -0.25) is 10.1 Å². The van der Waals surface area contributed by atoms with Gasteiger partial charge in [0.05, 0.1) is 23.7 Å². The van der Waals surface area contributed by atoms with Gasteiger partial charge in [0.2, 0.25) is 0 Å². The molecule has 0 heterocycles. The lowest BCUT2D eigenvalue weighted by atomic mass is 10.1. The molecule has 0 atom stereocenters. The predicted molar refractivity (Wildman–Crippen MR) is 74.1 cm³/mol. The SMILES string of the molecule is COC(=O)c1cc(Nc2ccccc2)c([N+](=O)[O-])cc1F. The van der Waals surface area contributed by atoms with E-state index in [0.29, 0.717) is 11.8 Å². The lowest BCUT2D eigenvalue weighted by Crippen LogP contribution is -2.07. The first kappa shape index (κ1) is 14.4. The minimum Gasteiger partial charge on any atom is -0.465 e. The lowest BCUT2D eigenvalue weighted by molar-refractivity contribution is -0.384. The summed E-state index contributed by atoms with van der Waals surface area (Å²) >= 11 is 0. The average molecular weight is 290 g/mol. The molecule has 0 radical (unpaired) electrons. The summed E-state index contributed by atoms with van der Waals surface area (Å²) in [7, 11) is 1.10. The van der Waals surface area contributed by atoms with Crippen LogP contribution in [0.5, 0.6) is 0 Å². The van der Waals surface area contributed by atoms with Crippen LogP contribution in [0.3, 0.4) is 0 Å². The number of hydrogen-bond acceptors (Lipinski definition) is 5. The van der Waals surface area contributed by atoms with Crippen LogP contribution in [0.25, 0.3) is 0 Å². The number of nitrogens with zero attached hydrogens (tertiary/aromatic N) is 1. The molecule has 21 heavy (non-hydrogen) atoms. The van der Waals surface area contributed by atoms with Gasteiger partial charge >= 0.3 is 5.97 Å². The molecule has 0 aromatic heterocycles. The highest BCUT2D eigenvalue weighted by atomic mass is 19.1. The topological polar surface area (TPSA) is 81.5 Å². The number of halogens is 1. The van der Waals surface area contributed by atoms with Crippen molar-refractivity contribution >= 4 is 23.0 Å². The van der Waals surface area contributed by atoms with Crippen LogP contribution in [0.15, 0.2) is 42.5 Å². The van der Waals surface area contributed by atoms with Crippen LogP contribution in [0.1, 0.15) is 10.4 Å². The number of nitro groups is 1. The molecule has 0 saturated carbocycles. The molecular weight excluding hydrogens is 279 g/mol. The minimum absolute atomic E-state index is 0.00741. The second-order valence-electron chi connectivity index (χ2n) is 4.09. The van der Waals surface area contributed by atoms with Crippen molar-refractivity contribution in [1.29, 1.82) is 0 Å². The van der Waals surface area contributed by atoms with Gasteiger partial charge in [-0.25, -0.2) is 9.18 Å². The first-order valence-electron chi connectivity index (χ1n) is 5.91. The number of anilines is 2. The molecule has 0 aliphatic heterocycles. The van der Waals surface area contributed by atoms with Crippen molar-refractivity contribution in [1.82, 2.24) is 0 Å². The Kier molecular flexibility index (Phi) is 4.13. The quantitative estimate of drug-likeness (QED) is 0.531. The van der Waals surface area contributed by atoms with Crippen LogP contribution in [-0.4, -0.2) is 18.0 Å². The van der Waals surface area contributed by atoms with Crippen molar-refractivity contribution in [2.75, 3.05) is 12.4 Å². The van der Waals surface area contributed by atoms with Crippen LogP contribution in [0.4, 0.5) is 21.5 Å². The first-order chi connectivity index (χ1) is 10.0. The van der Waals surface area contributed by atoms with E-state index < -0.39 is 22.4 Å². The van der Waals surface area contributed by atoms with E-state index in [4.69, 9.17) is 0 Å². The smallest absolute Gasteiger partial charge is 0.340 e. The molecule has 1 N–H and O–H groups in total. The van der Waals surface area contributed by atoms with Gasteiger partial charge in [-0.2, -0.15) is 0 Å². The molecule has 2 aromatic rings. The minimum atomic E-state index is -1.01.